The van der Waals surface area contributed by atoms with Gasteiger partial charge in [-0.05, 0) is 19.3 Å². The highest BCUT2D eigenvalue weighted by atomic mass is 16.4. The molecule has 0 aromatic carbocycles. The highest BCUT2D eigenvalue weighted by molar-refractivity contribution is 5.79. The minimum atomic E-state index is -0.896. The van der Waals surface area contributed by atoms with Crippen molar-refractivity contribution >= 4 is 17.8 Å². The van der Waals surface area contributed by atoms with Crippen molar-refractivity contribution in [2.24, 2.45) is 0 Å². The molecule has 2 N–H and O–H groups in total. The molecule has 0 aliphatic carbocycles. The number of carbonyl (C=O) groups is 3. The highest BCUT2D eigenvalue weighted by Crippen LogP contribution is 2.08. The van der Waals surface area contributed by atoms with Crippen molar-refractivity contribution in [3.63, 3.8) is 0 Å². The van der Waals surface area contributed by atoms with Crippen LogP contribution in [0.25, 0.3) is 0 Å². The average molecular weight is 256 g/mol. The fraction of sp³-hybridized carbons (Fsp3) is 0.750. The Morgan fingerprint density at radius 1 is 1.06 bits per heavy atom. The average Bonchev–Trinajstić information content (AvgIpc) is 2.81. The third kappa shape index (κ3) is 5.65. The van der Waals surface area contributed by atoms with E-state index in [4.69, 9.17) is 5.11 Å². The predicted octanol–water partition coefficient (Wildman–Crippen LogP) is 0.370. The molecule has 102 valence electrons. The van der Waals surface area contributed by atoms with Gasteiger partial charge in [-0.2, -0.15) is 0 Å². The number of nitrogens with zero attached hydrogens (tertiary/aromatic N) is 1. The van der Waals surface area contributed by atoms with Crippen LogP contribution in [0, 0.1) is 0 Å². The zero-order valence-corrected chi connectivity index (χ0v) is 10.5. The molecule has 1 aliphatic heterocycles. The molecular weight excluding hydrogens is 236 g/mol. The summed E-state index contributed by atoms with van der Waals surface area (Å²) in [4.78, 5) is 35.0. The van der Waals surface area contributed by atoms with Gasteiger partial charge in [0.1, 0.15) is 0 Å². The van der Waals surface area contributed by atoms with Crippen LogP contribution in [0.3, 0.4) is 0 Å². The second-order valence-electron chi connectivity index (χ2n) is 4.44. The summed E-state index contributed by atoms with van der Waals surface area (Å²) in [6.07, 6.45) is 2.98. The summed E-state index contributed by atoms with van der Waals surface area (Å²) in [5, 5.41) is 11.0. The van der Waals surface area contributed by atoms with E-state index in [-0.39, 0.29) is 24.7 Å². The molecule has 0 saturated carbocycles. The Kier molecular flexibility index (Phi) is 6.18. The number of carboxylic acids is 1. The number of likely N-dealkylation sites (tertiary alicyclic amines) is 1. The standard InChI is InChI=1S/C12H20N2O4/c15-10(4-3-5-12(17)18)13-7-6-11(16)14-8-1-2-9-14/h1-9H2,(H,13,15)(H,17,18). The number of carbonyl (C=O) groups excluding carboxylic acids is 2. The van der Waals surface area contributed by atoms with Crippen LogP contribution in [0.4, 0.5) is 0 Å². The van der Waals surface area contributed by atoms with Crippen molar-refractivity contribution < 1.29 is 19.5 Å². The van der Waals surface area contributed by atoms with Gasteiger partial charge in [-0.1, -0.05) is 0 Å². The fourth-order valence-corrected chi connectivity index (χ4v) is 1.92. The Balaban J connectivity index is 2.04. The van der Waals surface area contributed by atoms with Crippen molar-refractivity contribution in [2.75, 3.05) is 19.6 Å². The van der Waals surface area contributed by atoms with E-state index in [1.54, 1.807) is 0 Å². The number of aliphatic carboxylic acids is 1. The van der Waals surface area contributed by atoms with Gasteiger partial charge in [0, 0.05) is 38.9 Å². The first-order valence-electron chi connectivity index (χ1n) is 6.36. The molecule has 0 spiro atoms. The Bertz CT molecular complexity index is 311. The smallest absolute Gasteiger partial charge is 0.303 e. The van der Waals surface area contributed by atoms with Gasteiger partial charge >= 0.3 is 5.97 Å². The normalized spacial score (nSPS) is 14.6. The van der Waals surface area contributed by atoms with Crippen molar-refractivity contribution in [1.82, 2.24) is 10.2 Å². The lowest BCUT2D eigenvalue weighted by Gasteiger charge is -2.15. The summed E-state index contributed by atoms with van der Waals surface area (Å²) in [5.41, 5.74) is 0. The molecule has 0 radical (unpaired) electrons. The molecule has 1 saturated heterocycles. The molecule has 0 unspecified atom stereocenters. The maximum atomic E-state index is 11.6. The van der Waals surface area contributed by atoms with Crippen LogP contribution in [-0.2, 0) is 14.4 Å². The topological polar surface area (TPSA) is 86.7 Å². The molecule has 1 aliphatic rings. The summed E-state index contributed by atoms with van der Waals surface area (Å²) >= 11 is 0. The van der Waals surface area contributed by atoms with Gasteiger partial charge in [0.05, 0.1) is 0 Å². The first-order chi connectivity index (χ1) is 8.59. The second-order valence-corrected chi connectivity index (χ2v) is 4.44. The van der Waals surface area contributed by atoms with Crippen LogP contribution in [0.5, 0.6) is 0 Å². The van der Waals surface area contributed by atoms with E-state index in [0.29, 0.717) is 19.4 Å². The number of amides is 2. The van der Waals surface area contributed by atoms with Gasteiger partial charge in [0.15, 0.2) is 0 Å². The lowest BCUT2D eigenvalue weighted by Crippen LogP contribution is -2.32. The minimum absolute atomic E-state index is 0.000127. The van der Waals surface area contributed by atoms with E-state index < -0.39 is 5.97 Å². The monoisotopic (exact) mass is 256 g/mol. The third-order valence-electron chi connectivity index (χ3n) is 2.91. The lowest BCUT2D eigenvalue weighted by atomic mass is 10.2. The van der Waals surface area contributed by atoms with E-state index in [0.717, 1.165) is 25.9 Å². The SMILES string of the molecule is O=C(O)CCCC(=O)NCCC(=O)N1CCCC1. The van der Waals surface area contributed by atoms with E-state index in [1.807, 2.05) is 4.90 Å². The van der Waals surface area contributed by atoms with Gasteiger partial charge < -0.3 is 15.3 Å². The molecule has 2 amide bonds. The Hall–Kier alpha value is -1.59. The van der Waals surface area contributed by atoms with Gasteiger partial charge in [0.2, 0.25) is 11.8 Å². The van der Waals surface area contributed by atoms with E-state index in [1.165, 1.54) is 0 Å². The summed E-state index contributed by atoms with van der Waals surface area (Å²) in [6, 6.07) is 0. The summed E-state index contributed by atoms with van der Waals surface area (Å²) in [7, 11) is 0. The quantitative estimate of drug-likeness (QED) is 0.689. The molecule has 1 rings (SSSR count). The molecule has 6 nitrogen and oxygen atoms in total. The predicted molar refractivity (Wildman–Crippen MR) is 64.9 cm³/mol. The molecule has 0 aromatic rings. The summed E-state index contributed by atoms with van der Waals surface area (Å²) < 4.78 is 0. The zero-order chi connectivity index (χ0) is 13.4. The van der Waals surface area contributed by atoms with Crippen LogP contribution in [0.15, 0.2) is 0 Å². The fourth-order valence-electron chi connectivity index (χ4n) is 1.92. The number of nitrogens with one attached hydrogen (secondary N) is 1. The molecule has 1 heterocycles. The number of hydrogen-bond donors (Lipinski definition) is 2. The zero-order valence-electron chi connectivity index (χ0n) is 10.5. The first-order valence-corrected chi connectivity index (χ1v) is 6.36. The van der Waals surface area contributed by atoms with Crippen LogP contribution in [0.2, 0.25) is 0 Å². The molecule has 0 bridgehead atoms. The summed E-state index contributed by atoms with van der Waals surface area (Å²) in [6.45, 7) is 1.98. The van der Waals surface area contributed by atoms with Crippen LogP contribution in [0.1, 0.15) is 38.5 Å². The van der Waals surface area contributed by atoms with E-state index >= 15 is 0 Å². The highest BCUT2D eigenvalue weighted by Gasteiger charge is 2.17. The van der Waals surface area contributed by atoms with Crippen molar-refractivity contribution in [3.05, 3.63) is 0 Å². The van der Waals surface area contributed by atoms with Crippen LogP contribution < -0.4 is 5.32 Å². The Labute approximate surface area is 106 Å². The van der Waals surface area contributed by atoms with E-state index in [9.17, 15) is 14.4 Å². The van der Waals surface area contributed by atoms with Crippen LogP contribution in [-0.4, -0.2) is 47.4 Å². The van der Waals surface area contributed by atoms with E-state index in [2.05, 4.69) is 5.32 Å². The number of carboxylic acid groups (broad SMARTS) is 1. The Morgan fingerprint density at radius 2 is 1.72 bits per heavy atom. The number of hydrogen-bond acceptors (Lipinski definition) is 3. The van der Waals surface area contributed by atoms with Crippen molar-refractivity contribution in [1.29, 1.82) is 0 Å². The molecule has 6 heteroatoms. The Morgan fingerprint density at radius 3 is 2.33 bits per heavy atom. The van der Waals surface area contributed by atoms with Crippen LogP contribution >= 0.6 is 0 Å². The molecule has 1 fully saturated rings. The largest absolute Gasteiger partial charge is 0.481 e. The van der Waals surface area contributed by atoms with Crippen molar-refractivity contribution in [3.8, 4) is 0 Å². The third-order valence-corrected chi connectivity index (χ3v) is 2.91. The van der Waals surface area contributed by atoms with Crippen molar-refractivity contribution in [2.45, 2.75) is 38.5 Å². The molecular formula is C12H20N2O4. The van der Waals surface area contributed by atoms with Gasteiger partial charge in [-0.3, -0.25) is 14.4 Å². The second kappa shape index (κ2) is 7.68. The van der Waals surface area contributed by atoms with Gasteiger partial charge in [0.25, 0.3) is 0 Å². The molecule has 0 atom stereocenters. The first kappa shape index (κ1) is 14.5. The lowest BCUT2D eigenvalue weighted by molar-refractivity contribution is -0.137. The van der Waals surface area contributed by atoms with Gasteiger partial charge in [-0.25, -0.2) is 0 Å². The maximum Gasteiger partial charge on any atom is 0.303 e. The molecule has 0 aromatic heterocycles. The molecule has 18 heavy (non-hydrogen) atoms. The minimum Gasteiger partial charge on any atom is -0.481 e. The van der Waals surface area contributed by atoms with Gasteiger partial charge in [-0.15, -0.1) is 0 Å². The summed E-state index contributed by atoms with van der Waals surface area (Å²) in [5.74, 6) is -1.00. The number of rotatable bonds is 7. The maximum absolute atomic E-state index is 11.6.